The van der Waals surface area contributed by atoms with Gasteiger partial charge in [-0.05, 0) is 12.0 Å². The Bertz CT molecular complexity index is 1020. The first kappa shape index (κ1) is 18.8. The average Bonchev–Trinajstić information content (AvgIpc) is 3.26. The molecule has 1 aliphatic heterocycles. The maximum Gasteiger partial charge on any atom is 0.167 e. The first-order valence-electron chi connectivity index (χ1n) is 9.15. The summed E-state index contributed by atoms with van der Waals surface area (Å²) in [5.74, 6) is 0. The summed E-state index contributed by atoms with van der Waals surface area (Å²) in [6.07, 6.45) is -0.162. The van der Waals surface area contributed by atoms with Crippen LogP contribution < -0.4 is 5.49 Å². The van der Waals surface area contributed by atoms with Crippen molar-refractivity contribution in [3.05, 3.63) is 54.0 Å². The predicted molar refractivity (Wildman–Crippen MR) is 100 cm³/mol. The zero-order valence-corrected chi connectivity index (χ0v) is 15.5. The number of aryl methyl sites for hydroxylation is 1. The van der Waals surface area contributed by atoms with Crippen molar-refractivity contribution in [1.82, 2.24) is 19.1 Å². The Morgan fingerprint density at radius 3 is 2.61 bits per heavy atom. The molecule has 0 saturated carbocycles. The number of benzene rings is 1. The topological polar surface area (TPSA) is 118 Å². The summed E-state index contributed by atoms with van der Waals surface area (Å²) in [6.45, 7) is 0.210. The van der Waals surface area contributed by atoms with Gasteiger partial charge in [0.2, 0.25) is 0 Å². The second-order valence-corrected chi connectivity index (χ2v) is 6.85. The van der Waals surface area contributed by atoms with Gasteiger partial charge < -0.3 is 24.6 Å². The molecule has 4 rings (SSSR count). The molecule has 148 valence electrons. The van der Waals surface area contributed by atoms with Crippen LogP contribution in [0.3, 0.4) is 0 Å². The molecule has 3 heterocycles. The zero-order valence-electron chi connectivity index (χ0n) is 15.5. The van der Waals surface area contributed by atoms with Crippen molar-refractivity contribution in [1.29, 1.82) is 0 Å². The smallest absolute Gasteiger partial charge is 0.167 e. The first-order chi connectivity index (χ1) is 13.6. The van der Waals surface area contributed by atoms with E-state index in [0.717, 1.165) is 6.42 Å². The lowest BCUT2D eigenvalue weighted by Gasteiger charge is -2.16. The molecule has 2 aromatic heterocycles. The van der Waals surface area contributed by atoms with Crippen LogP contribution in [0.2, 0.25) is 0 Å². The SMILES string of the molecule is Cn1cnc2c(ncn2[C@@H]2O[C@H](CO)[C@@H](O)[C@H]2O)/c1=N/CCc1ccccc1. The Balaban J connectivity index is 1.66. The molecule has 0 bridgehead atoms. The lowest BCUT2D eigenvalue weighted by Crippen LogP contribution is -2.33. The second-order valence-electron chi connectivity index (χ2n) is 6.85. The van der Waals surface area contributed by atoms with E-state index in [4.69, 9.17) is 4.74 Å². The lowest BCUT2D eigenvalue weighted by molar-refractivity contribution is -0.0511. The van der Waals surface area contributed by atoms with Gasteiger partial charge in [-0.1, -0.05) is 30.3 Å². The van der Waals surface area contributed by atoms with Crippen LogP contribution >= 0.6 is 0 Å². The third-order valence-electron chi connectivity index (χ3n) is 4.96. The molecular formula is C19H23N5O4. The van der Waals surface area contributed by atoms with Crippen molar-refractivity contribution in [3.63, 3.8) is 0 Å². The molecule has 0 spiro atoms. The second kappa shape index (κ2) is 7.80. The fraction of sp³-hybridized carbons (Fsp3) is 0.421. The van der Waals surface area contributed by atoms with Crippen molar-refractivity contribution in [2.24, 2.45) is 12.0 Å². The third-order valence-corrected chi connectivity index (χ3v) is 4.96. The highest BCUT2D eigenvalue weighted by Crippen LogP contribution is 2.30. The van der Waals surface area contributed by atoms with Crippen LogP contribution in [0.4, 0.5) is 0 Å². The lowest BCUT2D eigenvalue weighted by atomic mass is 10.1. The van der Waals surface area contributed by atoms with Crippen LogP contribution in [0.1, 0.15) is 11.8 Å². The number of hydrogen-bond acceptors (Lipinski definition) is 7. The van der Waals surface area contributed by atoms with Gasteiger partial charge >= 0.3 is 0 Å². The van der Waals surface area contributed by atoms with Crippen LogP contribution in [0.25, 0.3) is 11.2 Å². The average molecular weight is 385 g/mol. The highest BCUT2D eigenvalue weighted by molar-refractivity contribution is 5.69. The van der Waals surface area contributed by atoms with Gasteiger partial charge in [-0.3, -0.25) is 9.56 Å². The molecular weight excluding hydrogens is 362 g/mol. The van der Waals surface area contributed by atoms with Gasteiger partial charge in [0.25, 0.3) is 0 Å². The highest BCUT2D eigenvalue weighted by Gasteiger charge is 2.43. The van der Waals surface area contributed by atoms with Gasteiger partial charge in [0, 0.05) is 13.6 Å². The molecule has 0 radical (unpaired) electrons. The summed E-state index contributed by atoms with van der Waals surface area (Å²) in [6, 6.07) is 10.1. The number of aliphatic hydroxyl groups excluding tert-OH is 3. The number of rotatable bonds is 5. The minimum absolute atomic E-state index is 0.385. The van der Waals surface area contributed by atoms with Gasteiger partial charge in [0.1, 0.15) is 18.3 Å². The van der Waals surface area contributed by atoms with E-state index in [2.05, 4.69) is 27.1 Å². The summed E-state index contributed by atoms with van der Waals surface area (Å²) < 4.78 is 8.95. The molecule has 0 amide bonds. The van der Waals surface area contributed by atoms with E-state index in [0.29, 0.717) is 23.2 Å². The van der Waals surface area contributed by atoms with Crippen LogP contribution in [-0.4, -0.2) is 65.9 Å². The van der Waals surface area contributed by atoms with Crippen molar-refractivity contribution < 1.29 is 20.1 Å². The van der Waals surface area contributed by atoms with Crippen LogP contribution in [-0.2, 0) is 18.2 Å². The molecule has 9 nitrogen and oxygen atoms in total. The summed E-state index contributed by atoms with van der Waals surface area (Å²) in [4.78, 5) is 13.5. The van der Waals surface area contributed by atoms with Gasteiger partial charge in [-0.25, -0.2) is 9.97 Å². The fourth-order valence-corrected chi connectivity index (χ4v) is 3.42. The number of fused-ring (bicyclic) bond motifs is 1. The normalized spacial score (nSPS) is 25.6. The minimum atomic E-state index is -1.19. The molecule has 3 N–H and O–H groups in total. The van der Waals surface area contributed by atoms with E-state index in [1.54, 1.807) is 15.5 Å². The Morgan fingerprint density at radius 1 is 1.11 bits per heavy atom. The molecule has 4 atom stereocenters. The molecule has 1 aromatic carbocycles. The maximum absolute atomic E-state index is 10.3. The predicted octanol–water partition coefficient (Wildman–Crippen LogP) is -0.475. The molecule has 0 unspecified atom stereocenters. The fourth-order valence-electron chi connectivity index (χ4n) is 3.42. The van der Waals surface area contributed by atoms with Gasteiger partial charge in [-0.15, -0.1) is 0 Å². The Kier molecular flexibility index (Phi) is 5.23. The summed E-state index contributed by atoms with van der Waals surface area (Å²) in [7, 11) is 1.85. The summed E-state index contributed by atoms with van der Waals surface area (Å²) in [5, 5.41) is 29.6. The number of aliphatic hydroxyl groups is 3. The molecule has 28 heavy (non-hydrogen) atoms. The molecule has 1 fully saturated rings. The molecule has 9 heteroatoms. The van der Waals surface area contributed by atoms with Gasteiger partial charge in [0.15, 0.2) is 22.9 Å². The number of imidazole rings is 1. The number of hydrogen-bond donors (Lipinski definition) is 3. The van der Waals surface area contributed by atoms with Gasteiger partial charge in [0.05, 0.1) is 19.3 Å². The van der Waals surface area contributed by atoms with Crippen LogP contribution in [0.5, 0.6) is 0 Å². The monoisotopic (exact) mass is 385 g/mol. The van der Waals surface area contributed by atoms with Crippen molar-refractivity contribution in [2.45, 2.75) is 31.0 Å². The van der Waals surface area contributed by atoms with E-state index >= 15 is 0 Å². The summed E-state index contributed by atoms with van der Waals surface area (Å²) in [5.41, 5.74) is 2.95. The van der Waals surface area contributed by atoms with Crippen LogP contribution in [0.15, 0.2) is 48.0 Å². The Hall–Kier alpha value is -2.59. The summed E-state index contributed by atoms with van der Waals surface area (Å²) >= 11 is 0. The highest BCUT2D eigenvalue weighted by atomic mass is 16.6. The molecule has 1 aliphatic rings. The van der Waals surface area contributed by atoms with Crippen molar-refractivity contribution in [3.8, 4) is 0 Å². The number of ether oxygens (including phenoxy) is 1. The van der Waals surface area contributed by atoms with Crippen LogP contribution in [0, 0.1) is 0 Å². The van der Waals surface area contributed by atoms with E-state index in [9.17, 15) is 15.3 Å². The quantitative estimate of drug-likeness (QED) is 0.546. The minimum Gasteiger partial charge on any atom is -0.394 e. The largest absolute Gasteiger partial charge is 0.394 e. The number of nitrogens with zero attached hydrogens (tertiary/aromatic N) is 5. The maximum atomic E-state index is 10.3. The third kappa shape index (κ3) is 3.33. The zero-order chi connectivity index (χ0) is 19.7. The van der Waals surface area contributed by atoms with E-state index in [-0.39, 0.29) is 6.61 Å². The van der Waals surface area contributed by atoms with E-state index in [1.807, 2.05) is 25.2 Å². The first-order valence-corrected chi connectivity index (χ1v) is 9.15. The Labute approximate surface area is 161 Å². The van der Waals surface area contributed by atoms with Crippen molar-refractivity contribution >= 4 is 11.2 Å². The van der Waals surface area contributed by atoms with Crippen molar-refractivity contribution in [2.75, 3.05) is 13.2 Å². The molecule has 0 aliphatic carbocycles. The van der Waals surface area contributed by atoms with E-state index in [1.165, 1.54) is 11.9 Å². The number of aromatic nitrogens is 4. The molecule has 3 aromatic rings. The Morgan fingerprint density at radius 2 is 1.89 bits per heavy atom. The standard InChI is InChI=1S/C19H23N5O4/c1-23-10-22-18-14(17(23)20-8-7-12-5-3-2-4-6-12)21-11-24(18)19-16(27)15(26)13(9-25)28-19/h2-6,10-11,13,15-16,19,25-27H,7-9H2,1H3/b20-17-/t13-,15-,16-,19-/m1/s1. The van der Waals surface area contributed by atoms with Gasteiger partial charge in [-0.2, -0.15) is 0 Å². The molecule has 1 saturated heterocycles. The van der Waals surface area contributed by atoms with E-state index < -0.39 is 24.5 Å².